The van der Waals surface area contributed by atoms with Crippen molar-refractivity contribution in [1.29, 1.82) is 0 Å². The molecule has 0 saturated carbocycles. The Bertz CT molecular complexity index is 495. The van der Waals surface area contributed by atoms with E-state index in [0.717, 1.165) is 6.07 Å². The van der Waals surface area contributed by atoms with Crippen molar-refractivity contribution in [2.75, 3.05) is 0 Å². The second-order valence-corrected chi connectivity index (χ2v) is 3.42. The van der Waals surface area contributed by atoms with Crippen LogP contribution in [-0.2, 0) is 11.0 Å². The summed E-state index contributed by atoms with van der Waals surface area (Å²) in [6.07, 6.45) is -4.57. The zero-order valence-corrected chi connectivity index (χ0v) is 9.06. The van der Waals surface area contributed by atoms with Crippen LogP contribution in [0.5, 0.6) is 0 Å². The first kappa shape index (κ1) is 13.1. The van der Waals surface area contributed by atoms with Crippen LogP contribution in [0.1, 0.15) is 23.1 Å². The molecule has 0 bridgehead atoms. The highest BCUT2D eigenvalue weighted by Crippen LogP contribution is 2.32. The average Bonchev–Trinajstić information content (AvgIpc) is 2.18. The molecule has 0 fully saturated rings. The molecule has 0 radical (unpaired) electrons. The normalized spacial score (nSPS) is 10.6. The number of benzene rings is 1. The molecule has 0 saturated heterocycles. The highest BCUT2D eigenvalue weighted by atomic mass is 19.4. The van der Waals surface area contributed by atoms with Gasteiger partial charge in [0.1, 0.15) is 0 Å². The van der Waals surface area contributed by atoms with E-state index in [1.54, 1.807) is 0 Å². The smallest absolute Gasteiger partial charge is 0.369 e. The lowest BCUT2D eigenvalue weighted by atomic mass is 10.0. The maximum atomic E-state index is 12.6. The van der Waals surface area contributed by atoms with Crippen LogP contribution in [0.15, 0.2) is 18.2 Å². The van der Waals surface area contributed by atoms with E-state index in [2.05, 4.69) is 11.8 Å². The summed E-state index contributed by atoms with van der Waals surface area (Å²) in [6, 6.07) is 3.75. The van der Waals surface area contributed by atoms with E-state index in [1.165, 1.54) is 19.1 Å². The average molecular weight is 241 g/mol. The lowest BCUT2D eigenvalue weighted by Crippen LogP contribution is -2.09. The van der Waals surface area contributed by atoms with E-state index >= 15 is 0 Å². The Kier molecular flexibility index (Phi) is 3.79. The molecule has 1 aromatic carbocycles. The molecule has 0 aromatic heterocycles. The standard InChI is InChI=1S/C12H10F3NO/c1-8-9(5-3-7-11(16)17)4-2-6-10(8)12(13,14)15/h2,4,6H,7H2,1H3,(H2,16,17). The van der Waals surface area contributed by atoms with Gasteiger partial charge in [0.05, 0.1) is 12.0 Å². The van der Waals surface area contributed by atoms with Crippen LogP contribution >= 0.6 is 0 Å². The molecule has 0 spiro atoms. The van der Waals surface area contributed by atoms with Gasteiger partial charge in [-0.15, -0.1) is 0 Å². The summed E-state index contributed by atoms with van der Waals surface area (Å²) in [6.45, 7) is 1.34. The topological polar surface area (TPSA) is 43.1 Å². The second kappa shape index (κ2) is 4.91. The van der Waals surface area contributed by atoms with Gasteiger partial charge in [0, 0.05) is 5.56 Å². The first-order chi connectivity index (χ1) is 7.82. The van der Waals surface area contributed by atoms with Crippen LogP contribution in [0, 0.1) is 18.8 Å². The number of nitrogens with two attached hydrogens (primary N) is 1. The van der Waals surface area contributed by atoms with Crippen LogP contribution in [0.4, 0.5) is 13.2 Å². The highest BCUT2D eigenvalue weighted by Gasteiger charge is 2.32. The van der Waals surface area contributed by atoms with E-state index in [9.17, 15) is 18.0 Å². The van der Waals surface area contributed by atoms with Gasteiger partial charge in [0.2, 0.25) is 5.91 Å². The van der Waals surface area contributed by atoms with Crippen molar-refractivity contribution in [3.63, 3.8) is 0 Å². The molecule has 0 aliphatic rings. The summed E-state index contributed by atoms with van der Waals surface area (Å²) < 4.78 is 37.7. The largest absolute Gasteiger partial charge is 0.416 e. The van der Waals surface area contributed by atoms with E-state index in [0.29, 0.717) is 0 Å². The van der Waals surface area contributed by atoms with Gasteiger partial charge in [-0.1, -0.05) is 17.9 Å². The van der Waals surface area contributed by atoms with Crippen molar-refractivity contribution in [3.05, 3.63) is 34.9 Å². The molecule has 17 heavy (non-hydrogen) atoms. The maximum Gasteiger partial charge on any atom is 0.416 e. The predicted octanol–water partition coefficient (Wildman–Crippen LogP) is 2.24. The van der Waals surface area contributed by atoms with Gasteiger partial charge < -0.3 is 5.73 Å². The lowest BCUT2D eigenvalue weighted by molar-refractivity contribution is -0.138. The minimum absolute atomic E-state index is 0.0528. The monoisotopic (exact) mass is 241 g/mol. The molecular weight excluding hydrogens is 231 g/mol. The molecule has 0 unspecified atom stereocenters. The number of hydrogen-bond acceptors (Lipinski definition) is 1. The zero-order chi connectivity index (χ0) is 13.1. The molecule has 0 atom stereocenters. The fourth-order valence-electron chi connectivity index (χ4n) is 1.30. The first-order valence-corrected chi connectivity index (χ1v) is 4.76. The Balaban J connectivity index is 3.10. The van der Waals surface area contributed by atoms with Gasteiger partial charge in [-0.05, 0) is 24.6 Å². The Labute approximate surface area is 96.6 Å². The molecule has 2 nitrogen and oxygen atoms in total. The molecule has 2 N–H and O–H groups in total. The predicted molar refractivity (Wildman–Crippen MR) is 56.9 cm³/mol. The van der Waals surface area contributed by atoms with Gasteiger partial charge in [-0.25, -0.2) is 0 Å². The Morgan fingerprint density at radius 1 is 1.41 bits per heavy atom. The summed E-state index contributed by atoms with van der Waals surface area (Å²) in [5, 5.41) is 0. The summed E-state index contributed by atoms with van der Waals surface area (Å²) >= 11 is 0. The van der Waals surface area contributed by atoms with Gasteiger partial charge in [-0.3, -0.25) is 4.79 Å². The summed E-state index contributed by atoms with van der Waals surface area (Å²) in [5.41, 5.74) is 4.46. The van der Waals surface area contributed by atoms with E-state index < -0.39 is 17.6 Å². The third-order valence-electron chi connectivity index (χ3n) is 2.12. The van der Waals surface area contributed by atoms with Crippen LogP contribution in [0.3, 0.4) is 0 Å². The van der Waals surface area contributed by atoms with Crippen molar-refractivity contribution in [2.24, 2.45) is 5.73 Å². The summed E-state index contributed by atoms with van der Waals surface area (Å²) in [4.78, 5) is 10.4. The number of hydrogen-bond donors (Lipinski definition) is 1. The third kappa shape index (κ3) is 3.52. The number of carbonyl (C=O) groups excluding carboxylic acids is 1. The number of rotatable bonds is 1. The van der Waals surface area contributed by atoms with Crippen molar-refractivity contribution >= 4 is 5.91 Å². The van der Waals surface area contributed by atoms with Gasteiger partial charge in [0.15, 0.2) is 0 Å². The van der Waals surface area contributed by atoms with Crippen LogP contribution in [-0.4, -0.2) is 5.91 Å². The van der Waals surface area contributed by atoms with Crippen LogP contribution < -0.4 is 5.73 Å². The molecule has 90 valence electrons. The minimum atomic E-state index is -4.40. The summed E-state index contributed by atoms with van der Waals surface area (Å²) in [5.74, 6) is 4.33. The van der Waals surface area contributed by atoms with E-state index in [-0.39, 0.29) is 17.5 Å². The fraction of sp³-hybridized carbons (Fsp3) is 0.250. The van der Waals surface area contributed by atoms with Crippen LogP contribution in [0.25, 0.3) is 0 Å². The molecule has 0 heterocycles. The molecule has 1 amide bonds. The fourth-order valence-corrected chi connectivity index (χ4v) is 1.30. The number of carbonyl (C=O) groups is 1. The van der Waals surface area contributed by atoms with Crippen molar-refractivity contribution in [3.8, 4) is 11.8 Å². The van der Waals surface area contributed by atoms with Crippen LogP contribution in [0.2, 0.25) is 0 Å². The first-order valence-electron chi connectivity index (χ1n) is 4.76. The Hall–Kier alpha value is -1.96. The third-order valence-corrected chi connectivity index (χ3v) is 2.12. The molecule has 1 aromatic rings. The van der Waals surface area contributed by atoms with Crippen molar-refractivity contribution in [2.45, 2.75) is 19.5 Å². The van der Waals surface area contributed by atoms with Gasteiger partial charge in [-0.2, -0.15) is 13.2 Å². The Morgan fingerprint density at radius 2 is 2.06 bits per heavy atom. The number of halogens is 3. The van der Waals surface area contributed by atoms with Gasteiger partial charge >= 0.3 is 6.18 Å². The SMILES string of the molecule is Cc1c(C#CCC(N)=O)cccc1C(F)(F)F. The summed E-state index contributed by atoms with van der Waals surface area (Å²) in [7, 11) is 0. The van der Waals surface area contributed by atoms with Crippen molar-refractivity contribution in [1.82, 2.24) is 0 Å². The lowest BCUT2D eigenvalue weighted by Gasteiger charge is -2.10. The molecule has 0 aliphatic heterocycles. The van der Waals surface area contributed by atoms with Gasteiger partial charge in [0.25, 0.3) is 0 Å². The quantitative estimate of drug-likeness (QED) is 0.753. The highest BCUT2D eigenvalue weighted by molar-refractivity contribution is 5.76. The maximum absolute atomic E-state index is 12.6. The molecule has 1 rings (SSSR count). The number of primary amides is 1. The molecule has 5 heteroatoms. The van der Waals surface area contributed by atoms with Crippen molar-refractivity contribution < 1.29 is 18.0 Å². The number of alkyl halides is 3. The Morgan fingerprint density at radius 3 is 2.59 bits per heavy atom. The molecular formula is C12H10F3NO. The zero-order valence-electron chi connectivity index (χ0n) is 9.06. The minimum Gasteiger partial charge on any atom is -0.369 e. The van der Waals surface area contributed by atoms with E-state index in [4.69, 9.17) is 5.73 Å². The van der Waals surface area contributed by atoms with E-state index in [1.807, 2.05) is 0 Å². The second-order valence-electron chi connectivity index (χ2n) is 3.42. The number of amides is 1. The molecule has 0 aliphatic carbocycles.